The maximum atomic E-state index is 10.8. The van der Waals surface area contributed by atoms with Gasteiger partial charge >= 0.3 is 5.97 Å². The Bertz CT molecular complexity index is 532. The predicted octanol–water partition coefficient (Wildman–Crippen LogP) is 2.98. The monoisotopic (exact) mass is 228 g/mol. The Labute approximate surface area is 99.3 Å². The van der Waals surface area contributed by atoms with Crippen LogP contribution in [0, 0.1) is 0 Å². The predicted molar refractivity (Wildman–Crippen MR) is 64.9 cm³/mol. The van der Waals surface area contributed by atoms with Gasteiger partial charge in [-0.3, -0.25) is 4.79 Å². The third-order valence-electron chi connectivity index (χ3n) is 2.32. The quantitative estimate of drug-likeness (QED) is 0.635. The van der Waals surface area contributed by atoms with Crippen molar-refractivity contribution in [3.8, 4) is 22.6 Å². The summed E-state index contributed by atoms with van der Waals surface area (Å²) in [4.78, 5) is 10.8. The Balaban J connectivity index is 2.35. The first-order valence-electron chi connectivity index (χ1n) is 5.23. The van der Waals surface area contributed by atoms with Gasteiger partial charge in [0, 0.05) is 18.6 Å². The van der Waals surface area contributed by atoms with Crippen molar-refractivity contribution in [2.24, 2.45) is 0 Å². The number of benzene rings is 2. The Morgan fingerprint density at radius 1 is 1.12 bits per heavy atom. The van der Waals surface area contributed by atoms with Crippen LogP contribution in [-0.2, 0) is 4.79 Å². The van der Waals surface area contributed by atoms with Crippen LogP contribution in [-0.4, -0.2) is 11.1 Å². The molecule has 2 aromatic carbocycles. The van der Waals surface area contributed by atoms with Gasteiger partial charge in [-0.25, -0.2) is 0 Å². The van der Waals surface area contributed by atoms with Gasteiger partial charge < -0.3 is 9.84 Å². The number of rotatable bonds is 2. The first kappa shape index (κ1) is 11.2. The smallest absolute Gasteiger partial charge is 0.308 e. The average molecular weight is 228 g/mol. The van der Waals surface area contributed by atoms with Gasteiger partial charge in [-0.05, 0) is 17.7 Å². The van der Waals surface area contributed by atoms with Crippen molar-refractivity contribution in [3.63, 3.8) is 0 Å². The van der Waals surface area contributed by atoms with Crippen LogP contribution in [0.3, 0.4) is 0 Å². The Morgan fingerprint density at radius 2 is 1.82 bits per heavy atom. The SMILES string of the molecule is CC(=O)Oc1ccc(-c2ccccc2)c(O)c1. The van der Waals surface area contributed by atoms with E-state index < -0.39 is 5.97 Å². The summed E-state index contributed by atoms with van der Waals surface area (Å²) in [7, 11) is 0. The van der Waals surface area contributed by atoms with Crippen LogP contribution in [0.15, 0.2) is 48.5 Å². The lowest BCUT2D eigenvalue weighted by Gasteiger charge is -2.07. The topological polar surface area (TPSA) is 46.5 Å². The Kier molecular flexibility index (Phi) is 3.10. The number of phenols is 1. The van der Waals surface area contributed by atoms with E-state index >= 15 is 0 Å². The average Bonchev–Trinajstić information content (AvgIpc) is 2.29. The fraction of sp³-hybridized carbons (Fsp3) is 0.0714. The van der Waals surface area contributed by atoms with Gasteiger partial charge in [-0.2, -0.15) is 0 Å². The normalized spacial score (nSPS) is 9.94. The second-order valence-corrected chi connectivity index (χ2v) is 3.64. The van der Waals surface area contributed by atoms with Crippen molar-refractivity contribution >= 4 is 5.97 Å². The summed E-state index contributed by atoms with van der Waals surface area (Å²) in [5.41, 5.74) is 1.63. The van der Waals surface area contributed by atoms with Crippen LogP contribution in [0.25, 0.3) is 11.1 Å². The van der Waals surface area contributed by atoms with Crippen LogP contribution >= 0.6 is 0 Å². The van der Waals surface area contributed by atoms with Crippen LogP contribution in [0.2, 0.25) is 0 Å². The van der Waals surface area contributed by atoms with Gasteiger partial charge in [0.2, 0.25) is 0 Å². The molecule has 0 fully saturated rings. The van der Waals surface area contributed by atoms with E-state index in [1.165, 1.54) is 13.0 Å². The lowest BCUT2D eigenvalue weighted by molar-refractivity contribution is -0.131. The maximum absolute atomic E-state index is 10.8. The van der Waals surface area contributed by atoms with Gasteiger partial charge in [0.05, 0.1) is 0 Å². The number of hydrogen-bond acceptors (Lipinski definition) is 3. The minimum atomic E-state index is -0.406. The van der Waals surface area contributed by atoms with E-state index in [4.69, 9.17) is 4.74 Å². The van der Waals surface area contributed by atoms with E-state index in [1.54, 1.807) is 12.1 Å². The summed E-state index contributed by atoms with van der Waals surface area (Å²) in [6.45, 7) is 1.32. The third-order valence-corrected chi connectivity index (χ3v) is 2.32. The molecule has 1 N–H and O–H groups in total. The zero-order valence-corrected chi connectivity index (χ0v) is 9.38. The Hall–Kier alpha value is -2.29. The van der Waals surface area contributed by atoms with Gasteiger partial charge in [-0.1, -0.05) is 30.3 Å². The molecule has 3 nitrogen and oxygen atoms in total. The van der Waals surface area contributed by atoms with Crippen molar-refractivity contribution in [1.29, 1.82) is 0 Å². The van der Waals surface area contributed by atoms with E-state index in [0.29, 0.717) is 11.3 Å². The van der Waals surface area contributed by atoms with E-state index in [9.17, 15) is 9.90 Å². The number of aromatic hydroxyl groups is 1. The molecule has 0 aromatic heterocycles. The molecule has 0 bridgehead atoms. The molecule has 0 saturated heterocycles. The first-order chi connectivity index (χ1) is 8.16. The lowest BCUT2D eigenvalue weighted by Crippen LogP contribution is -2.00. The van der Waals surface area contributed by atoms with Gasteiger partial charge in [0.15, 0.2) is 0 Å². The second-order valence-electron chi connectivity index (χ2n) is 3.64. The summed E-state index contributed by atoms with van der Waals surface area (Å²) in [5, 5.41) is 9.87. The largest absolute Gasteiger partial charge is 0.507 e. The zero-order chi connectivity index (χ0) is 12.3. The molecule has 86 valence electrons. The van der Waals surface area contributed by atoms with Gasteiger partial charge in [-0.15, -0.1) is 0 Å². The van der Waals surface area contributed by atoms with E-state index in [2.05, 4.69) is 0 Å². The molecule has 0 radical (unpaired) electrons. The summed E-state index contributed by atoms with van der Waals surface area (Å²) >= 11 is 0. The van der Waals surface area contributed by atoms with Crippen LogP contribution in [0.5, 0.6) is 11.5 Å². The molecule has 0 aliphatic carbocycles. The van der Waals surface area contributed by atoms with E-state index in [1.807, 2.05) is 30.3 Å². The maximum Gasteiger partial charge on any atom is 0.308 e. The van der Waals surface area contributed by atoms with Crippen LogP contribution in [0.4, 0.5) is 0 Å². The number of phenolic OH excluding ortho intramolecular Hbond substituents is 1. The summed E-state index contributed by atoms with van der Waals surface area (Å²) in [5.74, 6) is 0.0292. The highest BCUT2D eigenvalue weighted by Crippen LogP contribution is 2.32. The molecule has 0 atom stereocenters. The lowest BCUT2D eigenvalue weighted by atomic mass is 10.0. The van der Waals surface area contributed by atoms with Crippen molar-refractivity contribution in [1.82, 2.24) is 0 Å². The molecule has 3 heteroatoms. The van der Waals surface area contributed by atoms with Crippen LogP contribution in [0.1, 0.15) is 6.92 Å². The molecule has 0 heterocycles. The number of carbonyl (C=O) groups is 1. The molecule has 2 rings (SSSR count). The number of esters is 1. The minimum Gasteiger partial charge on any atom is -0.507 e. The number of carbonyl (C=O) groups excluding carboxylic acids is 1. The molecular weight excluding hydrogens is 216 g/mol. The highest BCUT2D eigenvalue weighted by Gasteiger charge is 2.06. The van der Waals surface area contributed by atoms with E-state index in [0.717, 1.165) is 5.56 Å². The highest BCUT2D eigenvalue weighted by molar-refractivity contribution is 5.73. The molecule has 2 aromatic rings. The zero-order valence-electron chi connectivity index (χ0n) is 9.38. The third kappa shape index (κ3) is 2.64. The molecule has 0 aliphatic rings. The summed E-state index contributed by atoms with van der Waals surface area (Å²) in [6.07, 6.45) is 0. The molecule has 0 aliphatic heterocycles. The number of hydrogen-bond donors (Lipinski definition) is 1. The van der Waals surface area contributed by atoms with E-state index in [-0.39, 0.29) is 5.75 Å². The minimum absolute atomic E-state index is 0.0925. The number of ether oxygens (including phenoxy) is 1. The molecule has 0 unspecified atom stereocenters. The van der Waals surface area contributed by atoms with Crippen molar-refractivity contribution < 1.29 is 14.6 Å². The molecular formula is C14H12O3. The fourth-order valence-electron chi connectivity index (χ4n) is 1.60. The summed E-state index contributed by atoms with van der Waals surface area (Å²) < 4.78 is 4.89. The first-order valence-corrected chi connectivity index (χ1v) is 5.23. The highest BCUT2D eigenvalue weighted by atomic mass is 16.5. The van der Waals surface area contributed by atoms with Crippen molar-refractivity contribution in [2.75, 3.05) is 0 Å². The van der Waals surface area contributed by atoms with Crippen molar-refractivity contribution in [2.45, 2.75) is 6.92 Å². The molecule has 0 spiro atoms. The van der Waals surface area contributed by atoms with Gasteiger partial charge in [0.1, 0.15) is 11.5 Å². The van der Waals surface area contributed by atoms with Crippen molar-refractivity contribution in [3.05, 3.63) is 48.5 Å². The molecule has 17 heavy (non-hydrogen) atoms. The van der Waals surface area contributed by atoms with Gasteiger partial charge in [0.25, 0.3) is 0 Å². The Morgan fingerprint density at radius 3 is 2.41 bits per heavy atom. The molecule has 0 amide bonds. The fourth-order valence-corrected chi connectivity index (χ4v) is 1.60. The second kappa shape index (κ2) is 4.70. The van der Waals surface area contributed by atoms with Crippen LogP contribution < -0.4 is 4.74 Å². The molecule has 0 saturated carbocycles. The standard InChI is InChI=1S/C14H12O3/c1-10(15)17-12-7-8-13(14(16)9-12)11-5-3-2-4-6-11/h2-9,16H,1H3. The summed E-state index contributed by atoms with van der Waals surface area (Å²) in [6, 6.07) is 14.3.